The third-order valence-corrected chi connectivity index (χ3v) is 4.79. The third kappa shape index (κ3) is 3.72. The molecule has 26 heavy (non-hydrogen) atoms. The summed E-state index contributed by atoms with van der Waals surface area (Å²) in [4.78, 5) is 29.3. The van der Waals surface area contributed by atoms with Crippen molar-refractivity contribution in [3.63, 3.8) is 0 Å². The number of nitrogens with one attached hydrogen (secondary N) is 2. The first-order valence-corrected chi connectivity index (χ1v) is 8.74. The Morgan fingerprint density at radius 2 is 1.88 bits per heavy atom. The SMILES string of the molecule is CC(C)c1cnc(NC(=O)Nc2c(C(N)=O)cnn2-c2ccccc2)s1. The lowest BCUT2D eigenvalue weighted by atomic mass is 10.2. The van der Waals surface area contributed by atoms with E-state index in [1.807, 2.05) is 18.2 Å². The number of anilines is 2. The Bertz CT molecular complexity index is 932. The quantitative estimate of drug-likeness (QED) is 0.639. The number of carbonyl (C=O) groups is 2. The molecule has 0 spiro atoms. The molecule has 0 unspecified atom stereocenters. The molecule has 2 heterocycles. The fourth-order valence-electron chi connectivity index (χ4n) is 2.26. The van der Waals surface area contributed by atoms with Crippen LogP contribution in [0.15, 0.2) is 42.7 Å². The highest BCUT2D eigenvalue weighted by atomic mass is 32.1. The van der Waals surface area contributed by atoms with Crippen LogP contribution in [0.1, 0.15) is 35.0 Å². The highest BCUT2D eigenvalue weighted by molar-refractivity contribution is 7.15. The van der Waals surface area contributed by atoms with Crippen molar-refractivity contribution < 1.29 is 9.59 Å². The van der Waals surface area contributed by atoms with Gasteiger partial charge in [-0.25, -0.2) is 14.5 Å². The van der Waals surface area contributed by atoms with Crippen molar-refractivity contribution in [3.8, 4) is 5.69 Å². The molecule has 0 aliphatic carbocycles. The minimum absolute atomic E-state index is 0.117. The van der Waals surface area contributed by atoms with Gasteiger partial charge < -0.3 is 5.73 Å². The Morgan fingerprint density at radius 3 is 2.50 bits per heavy atom. The van der Waals surface area contributed by atoms with Crippen LogP contribution >= 0.6 is 11.3 Å². The number of nitrogens with two attached hydrogens (primary N) is 1. The van der Waals surface area contributed by atoms with Gasteiger partial charge in [-0.1, -0.05) is 32.0 Å². The fraction of sp³-hybridized carbons (Fsp3) is 0.176. The molecule has 3 rings (SSSR count). The van der Waals surface area contributed by atoms with E-state index >= 15 is 0 Å². The van der Waals surface area contributed by atoms with E-state index in [1.54, 1.807) is 18.3 Å². The fourth-order valence-corrected chi connectivity index (χ4v) is 3.07. The summed E-state index contributed by atoms with van der Waals surface area (Å²) >= 11 is 1.40. The number of hydrogen-bond donors (Lipinski definition) is 3. The van der Waals surface area contributed by atoms with Gasteiger partial charge >= 0.3 is 6.03 Å². The van der Waals surface area contributed by atoms with Crippen molar-refractivity contribution >= 4 is 34.2 Å². The zero-order valence-electron chi connectivity index (χ0n) is 14.3. The van der Waals surface area contributed by atoms with Crippen LogP contribution in [0.5, 0.6) is 0 Å². The van der Waals surface area contributed by atoms with E-state index in [9.17, 15) is 9.59 Å². The second-order valence-electron chi connectivity index (χ2n) is 5.82. The molecule has 0 saturated carbocycles. The van der Waals surface area contributed by atoms with Crippen molar-refractivity contribution in [3.05, 3.63) is 53.2 Å². The van der Waals surface area contributed by atoms with Crippen LogP contribution in [0, 0.1) is 0 Å². The van der Waals surface area contributed by atoms with Crippen LogP contribution in [0.3, 0.4) is 0 Å². The number of thiazole rings is 1. The molecule has 3 amide bonds. The van der Waals surface area contributed by atoms with Gasteiger partial charge in [-0.2, -0.15) is 5.10 Å². The lowest BCUT2D eigenvalue weighted by molar-refractivity contribution is 0.100. The zero-order chi connectivity index (χ0) is 18.7. The molecule has 4 N–H and O–H groups in total. The maximum absolute atomic E-state index is 12.4. The van der Waals surface area contributed by atoms with Crippen molar-refractivity contribution in [2.75, 3.05) is 10.6 Å². The largest absolute Gasteiger partial charge is 0.365 e. The number of hydrogen-bond acceptors (Lipinski definition) is 5. The topological polar surface area (TPSA) is 115 Å². The van der Waals surface area contributed by atoms with E-state index in [-0.39, 0.29) is 11.4 Å². The van der Waals surface area contributed by atoms with Crippen LogP contribution in [0.4, 0.5) is 15.7 Å². The lowest BCUT2D eigenvalue weighted by Crippen LogP contribution is -2.23. The highest BCUT2D eigenvalue weighted by Crippen LogP contribution is 2.25. The van der Waals surface area contributed by atoms with E-state index in [1.165, 1.54) is 22.2 Å². The number of benzene rings is 1. The van der Waals surface area contributed by atoms with Crippen LogP contribution in [0.2, 0.25) is 0 Å². The first-order valence-electron chi connectivity index (χ1n) is 7.92. The summed E-state index contributed by atoms with van der Waals surface area (Å²) in [5, 5.41) is 9.93. The number of primary amides is 1. The summed E-state index contributed by atoms with van der Waals surface area (Å²) in [6.07, 6.45) is 3.05. The predicted octanol–water partition coefficient (Wildman–Crippen LogP) is 3.20. The summed E-state index contributed by atoms with van der Waals surface area (Å²) in [6.45, 7) is 4.10. The van der Waals surface area contributed by atoms with Gasteiger partial charge in [-0.3, -0.25) is 15.4 Å². The Balaban J connectivity index is 1.84. The number of aromatic nitrogens is 3. The first kappa shape index (κ1) is 17.6. The molecule has 3 aromatic rings. The number of carbonyl (C=O) groups excluding carboxylic acids is 2. The maximum Gasteiger partial charge on any atom is 0.326 e. The predicted molar refractivity (Wildman–Crippen MR) is 101 cm³/mol. The molecule has 0 bridgehead atoms. The summed E-state index contributed by atoms with van der Waals surface area (Å²) in [5.41, 5.74) is 6.20. The van der Waals surface area contributed by atoms with Gasteiger partial charge in [0.1, 0.15) is 5.56 Å². The summed E-state index contributed by atoms with van der Waals surface area (Å²) in [6, 6.07) is 8.58. The molecule has 0 aliphatic heterocycles. The Hall–Kier alpha value is -3.20. The smallest absolute Gasteiger partial charge is 0.326 e. The second kappa shape index (κ2) is 7.36. The monoisotopic (exact) mass is 370 g/mol. The number of para-hydroxylation sites is 1. The Labute approximate surface area is 154 Å². The first-order chi connectivity index (χ1) is 12.5. The molecule has 8 nitrogen and oxygen atoms in total. The molecular formula is C17H18N6O2S. The van der Waals surface area contributed by atoms with Gasteiger partial charge in [-0.15, -0.1) is 11.3 Å². The highest BCUT2D eigenvalue weighted by Gasteiger charge is 2.19. The molecular weight excluding hydrogens is 352 g/mol. The summed E-state index contributed by atoms with van der Waals surface area (Å²) in [7, 11) is 0. The van der Waals surface area contributed by atoms with E-state index < -0.39 is 11.9 Å². The van der Waals surface area contributed by atoms with Gasteiger partial charge in [0.05, 0.1) is 11.9 Å². The molecule has 134 valence electrons. The molecule has 0 radical (unpaired) electrons. The second-order valence-corrected chi connectivity index (χ2v) is 6.88. The summed E-state index contributed by atoms with van der Waals surface area (Å²) < 4.78 is 1.45. The van der Waals surface area contributed by atoms with Crippen molar-refractivity contribution in [2.24, 2.45) is 5.73 Å². The van der Waals surface area contributed by atoms with Crippen molar-refractivity contribution in [1.82, 2.24) is 14.8 Å². The molecule has 9 heteroatoms. The van der Waals surface area contributed by atoms with Crippen LogP contribution in [-0.4, -0.2) is 26.7 Å². The van der Waals surface area contributed by atoms with Gasteiger partial charge in [0.25, 0.3) is 5.91 Å². The van der Waals surface area contributed by atoms with E-state index in [2.05, 4.69) is 34.6 Å². The number of amides is 3. The van der Waals surface area contributed by atoms with Crippen LogP contribution < -0.4 is 16.4 Å². The molecule has 0 atom stereocenters. The molecule has 1 aromatic carbocycles. The molecule has 0 fully saturated rings. The molecule has 0 saturated heterocycles. The minimum Gasteiger partial charge on any atom is -0.365 e. The van der Waals surface area contributed by atoms with Gasteiger partial charge in [0, 0.05) is 11.1 Å². The van der Waals surface area contributed by atoms with E-state index in [0.29, 0.717) is 16.7 Å². The average Bonchev–Trinajstić information content (AvgIpc) is 3.23. The molecule has 0 aliphatic rings. The number of urea groups is 1. The molecule has 2 aromatic heterocycles. The maximum atomic E-state index is 12.4. The van der Waals surface area contributed by atoms with Gasteiger partial charge in [-0.05, 0) is 18.1 Å². The lowest BCUT2D eigenvalue weighted by Gasteiger charge is -2.10. The Morgan fingerprint density at radius 1 is 1.15 bits per heavy atom. The summed E-state index contributed by atoms with van der Waals surface area (Å²) in [5.74, 6) is -0.159. The van der Waals surface area contributed by atoms with Crippen molar-refractivity contribution in [2.45, 2.75) is 19.8 Å². The zero-order valence-corrected chi connectivity index (χ0v) is 15.1. The minimum atomic E-state index is -0.682. The average molecular weight is 370 g/mol. The number of rotatable bonds is 5. The Kier molecular flexibility index (Phi) is 4.99. The number of nitrogens with zero attached hydrogens (tertiary/aromatic N) is 3. The van der Waals surface area contributed by atoms with E-state index in [0.717, 1.165) is 4.88 Å². The standard InChI is InChI=1S/C17H18N6O2S/c1-10(2)13-9-19-17(26-13)22-16(25)21-15-12(14(18)24)8-20-23(15)11-6-4-3-5-7-11/h3-10H,1-2H3,(H2,18,24)(H2,19,21,22,25). The van der Waals surface area contributed by atoms with Crippen LogP contribution in [0.25, 0.3) is 5.69 Å². The van der Waals surface area contributed by atoms with Crippen LogP contribution in [-0.2, 0) is 0 Å². The van der Waals surface area contributed by atoms with E-state index in [4.69, 9.17) is 5.73 Å². The van der Waals surface area contributed by atoms with Crippen molar-refractivity contribution in [1.29, 1.82) is 0 Å². The van der Waals surface area contributed by atoms with Gasteiger partial charge in [0.2, 0.25) is 0 Å². The van der Waals surface area contributed by atoms with Gasteiger partial charge in [0.15, 0.2) is 10.9 Å². The normalized spacial score (nSPS) is 10.7. The third-order valence-electron chi connectivity index (χ3n) is 3.58.